The monoisotopic (exact) mass is 396 g/mol. The molecular formula is C22H24N2O3S. The van der Waals surface area contributed by atoms with Crippen molar-refractivity contribution < 1.29 is 14.3 Å². The van der Waals surface area contributed by atoms with Gasteiger partial charge in [-0.2, -0.15) is 0 Å². The molecular weight excluding hydrogens is 372 g/mol. The lowest BCUT2D eigenvalue weighted by Gasteiger charge is -2.11. The molecule has 0 aliphatic rings. The Morgan fingerprint density at radius 2 is 1.79 bits per heavy atom. The van der Waals surface area contributed by atoms with Crippen LogP contribution in [0.5, 0.6) is 11.5 Å². The fraction of sp³-hybridized carbons (Fsp3) is 0.273. The molecule has 146 valence electrons. The summed E-state index contributed by atoms with van der Waals surface area (Å²) >= 11 is 1.65. The van der Waals surface area contributed by atoms with Gasteiger partial charge in [-0.15, -0.1) is 11.3 Å². The first-order valence-electron chi connectivity index (χ1n) is 9.28. The van der Waals surface area contributed by atoms with Crippen molar-refractivity contribution in [2.45, 2.75) is 20.3 Å². The minimum atomic E-state index is -0.152. The Hall–Kier alpha value is -2.86. The second kappa shape index (κ2) is 9.90. The molecule has 1 N–H and O–H groups in total. The van der Waals surface area contributed by atoms with E-state index < -0.39 is 0 Å². The summed E-state index contributed by atoms with van der Waals surface area (Å²) in [5.74, 6) is 1.07. The van der Waals surface area contributed by atoms with Crippen molar-refractivity contribution >= 4 is 17.2 Å². The lowest BCUT2D eigenvalue weighted by Crippen LogP contribution is -2.30. The molecule has 0 saturated heterocycles. The molecule has 1 aromatic heterocycles. The van der Waals surface area contributed by atoms with E-state index in [1.165, 1.54) is 5.56 Å². The molecule has 0 aliphatic heterocycles. The second-order valence-corrected chi connectivity index (χ2v) is 7.28. The Bertz CT molecular complexity index is 906. The lowest BCUT2D eigenvalue weighted by molar-refractivity contribution is -0.123. The SMILES string of the molecule is CCOc1ccccc1OCC(=O)NCCc1ccc(-c2csc(C)n2)cc1. The van der Waals surface area contributed by atoms with Crippen LogP contribution in [0.3, 0.4) is 0 Å². The molecule has 0 unspecified atom stereocenters. The number of carbonyl (C=O) groups excluding carboxylic acids is 1. The maximum Gasteiger partial charge on any atom is 0.257 e. The van der Waals surface area contributed by atoms with Crippen molar-refractivity contribution in [3.63, 3.8) is 0 Å². The van der Waals surface area contributed by atoms with E-state index >= 15 is 0 Å². The van der Waals surface area contributed by atoms with Crippen molar-refractivity contribution in [3.05, 3.63) is 64.5 Å². The summed E-state index contributed by atoms with van der Waals surface area (Å²) < 4.78 is 11.1. The number of rotatable bonds is 9. The molecule has 0 fully saturated rings. The lowest BCUT2D eigenvalue weighted by atomic mass is 10.1. The predicted octanol–water partition coefficient (Wildman–Crippen LogP) is 4.25. The number of para-hydroxylation sites is 2. The van der Waals surface area contributed by atoms with Gasteiger partial charge >= 0.3 is 0 Å². The van der Waals surface area contributed by atoms with E-state index in [-0.39, 0.29) is 12.5 Å². The summed E-state index contributed by atoms with van der Waals surface area (Å²) in [6, 6.07) is 15.6. The topological polar surface area (TPSA) is 60.5 Å². The maximum atomic E-state index is 12.0. The van der Waals surface area contributed by atoms with Gasteiger partial charge in [-0.1, -0.05) is 36.4 Å². The smallest absolute Gasteiger partial charge is 0.257 e. The highest BCUT2D eigenvalue weighted by atomic mass is 32.1. The largest absolute Gasteiger partial charge is 0.490 e. The minimum absolute atomic E-state index is 0.0355. The summed E-state index contributed by atoms with van der Waals surface area (Å²) in [5, 5.41) is 6.01. The van der Waals surface area contributed by atoms with Crippen molar-refractivity contribution in [1.82, 2.24) is 10.3 Å². The minimum Gasteiger partial charge on any atom is -0.490 e. The van der Waals surface area contributed by atoms with Gasteiger partial charge in [-0.3, -0.25) is 4.79 Å². The summed E-state index contributed by atoms with van der Waals surface area (Å²) in [6.07, 6.45) is 0.762. The van der Waals surface area contributed by atoms with Gasteiger partial charge in [0.2, 0.25) is 0 Å². The normalized spacial score (nSPS) is 10.5. The first-order chi connectivity index (χ1) is 13.7. The fourth-order valence-electron chi connectivity index (χ4n) is 2.72. The molecule has 0 spiro atoms. The molecule has 0 atom stereocenters. The first-order valence-corrected chi connectivity index (χ1v) is 10.2. The van der Waals surface area contributed by atoms with E-state index in [0.29, 0.717) is 24.7 Å². The number of nitrogens with zero attached hydrogens (tertiary/aromatic N) is 1. The van der Waals surface area contributed by atoms with Gasteiger partial charge in [0.05, 0.1) is 17.3 Å². The van der Waals surface area contributed by atoms with Gasteiger partial charge in [0.25, 0.3) is 5.91 Å². The standard InChI is InChI=1S/C22H24N2O3S/c1-3-26-20-6-4-5-7-21(20)27-14-22(25)23-13-12-17-8-10-18(11-9-17)19-15-28-16(2)24-19/h4-11,15H,3,12-14H2,1-2H3,(H,23,25). The van der Waals surface area contributed by atoms with Gasteiger partial charge in [-0.25, -0.2) is 4.98 Å². The number of ether oxygens (including phenoxy) is 2. The number of carbonyl (C=O) groups is 1. The van der Waals surface area contributed by atoms with E-state index in [1.54, 1.807) is 17.4 Å². The van der Waals surface area contributed by atoms with E-state index in [4.69, 9.17) is 9.47 Å². The van der Waals surface area contributed by atoms with Crippen LogP contribution in [-0.2, 0) is 11.2 Å². The first kappa shape index (κ1) is 19.9. The number of benzene rings is 2. The maximum absolute atomic E-state index is 12.0. The highest BCUT2D eigenvalue weighted by molar-refractivity contribution is 7.09. The summed E-state index contributed by atoms with van der Waals surface area (Å²) in [6.45, 7) is 4.99. The van der Waals surface area contributed by atoms with E-state index in [1.807, 2.05) is 32.0 Å². The van der Waals surface area contributed by atoms with Gasteiger partial charge in [-0.05, 0) is 38.0 Å². The van der Waals surface area contributed by atoms with Crippen LogP contribution in [0.25, 0.3) is 11.3 Å². The van der Waals surface area contributed by atoms with Gasteiger partial charge < -0.3 is 14.8 Å². The van der Waals surface area contributed by atoms with Crippen LogP contribution in [-0.4, -0.2) is 30.6 Å². The number of hydrogen-bond donors (Lipinski definition) is 1. The zero-order chi connectivity index (χ0) is 19.8. The number of thiazole rings is 1. The highest BCUT2D eigenvalue weighted by Gasteiger charge is 2.07. The molecule has 28 heavy (non-hydrogen) atoms. The third kappa shape index (κ3) is 5.57. The molecule has 3 aromatic rings. The Balaban J connectivity index is 1.43. The van der Waals surface area contributed by atoms with Crippen LogP contribution in [0.2, 0.25) is 0 Å². The van der Waals surface area contributed by atoms with Crippen molar-refractivity contribution in [2.75, 3.05) is 19.8 Å². The van der Waals surface area contributed by atoms with Crippen LogP contribution in [0, 0.1) is 6.92 Å². The molecule has 0 saturated carbocycles. The summed E-state index contributed by atoms with van der Waals surface area (Å²) in [5.41, 5.74) is 3.28. The second-order valence-electron chi connectivity index (χ2n) is 6.22. The van der Waals surface area contributed by atoms with Gasteiger partial charge in [0.1, 0.15) is 0 Å². The van der Waals surface area contributed by atoms with Crippen LogP contribution in [0.4, 0.5) is 0 Å². The van der Waals surface area contributed by atoms with E-state index in [2.05, 4.69) is 39.9 Å². The third-order valence-corrected chi connectivity index (χ3v) is 4.89. The van der Waals surface area contributed by atoms with Crippen LogP contribution >= 0.6 is 11.3 Å². The molecule has 1 heterocycles. The van der Waals surface area contributed by atoms with E-state index in [0.717, 1.165) is 22.7 Å². The van der Waals surface area contributed by atoms with Crippen LogP contribution in [0.1, 0.15) is 17.5 Å². The molecule has 1 amide bonds. The van der Waals surface area contributed by atoms with Crippen molar-refractivity contribution in [3.8, 4) is 22.8 Å². The van der Waals surface area contributed by atoms with Crippen LogP contribution < -0.4 is 14.8 Å². The average molecular weight is 397 g/mol. The zero-order valence-corrected chi connectivity index (χ0v) is 16.9. The average Bonchev–Trinajstić information content (AvgIpc) is 3.14. The number of aromatic nitrogens is 1. The quantitative estimate of drug-likeness (QED) is 0.587. The van der Waals surface area contributed by atoms with Crippen molar-refractivity contribution in [2.24, 2.45) is 0 Å². The van der Waals surface area contributed by atoms with Crippen LogP contribution in [0.15, 0.2) is 53.9 Å². The molecule has 0 aliphatic carbocycles. The number of amides is 1. The molecule has 2 aromatic carbocycles. The van der Waals surface area contributed by atoms with Gasteiger partial charge in [0.15, 0.2) is 18.1 Å². The Morgan fingerprint density at radius 1 is 1.07 bits per heavy atom. The van der Waals surface area contributed by atoms with Gasteiger partial charge in [0, 0.05) is 17.5 Å². The number of aryl methyl sites for hydroxylation is 1. The summed E-state index contributed by atoms with van der Waals surface area (Å²) in [7, 11) is 0. The third-order valence-electron chi connectivity index (χ3n) is 4.11. The predicted molar refractivity (Wildman–Crippen MR) is 112 cm³/mol. The molecule has 6 heteroatoms. The zero-order valence-electron chi connectivity index (χ0n) is 16.1. The Kier molecular flexibility index (Phi) is 7.03. The molecule has 3 rings (SSSR count). The number of hydrogen-bond acceptors (Lipinski definition) is 5. The fourth-order valence-corrected chi connectivity index (χ4v) is 3.34. The summed E-state index contributed by atoms with van der Waals surface area (Å²) in [4.78, 5) is 16.5. The molecule has 0 radical (unpaired) electrons. The molecule has 0 bridgehead atoms. The van der Waals surface area contributed by atoms with Crippen molar-refractivity contribution in [1.29, 1.82) is 0 Å². The highest BCUT2D eigenvalue weighted by Crippen LogP contribution is 2.26. The van der Waals surface area contributed by atoms with E-state index in [9.17, 15) is 4.79 Å². The Morgan fingerprint density at radius 3 is 2.43 bits per heavy atom. The molecule has 5 nitrogen and oxygen atoms in total. The Labute approximate surface area is 169 Å². The number of nitrogens with one attached hydrogen (secondary N) is 1.